The summed E-state index contributed by atoms with van der Waals surface area (Å²) < 4.78 is 13.3. The first-order valence-corrected chi connectivity index (χ1v) is 5.84. The van der Waals surface area contributed by atoms with Crippen LogP contribution in [0.15, 0.2) is 29.1 Å². The molecule has 5 heteroatoms. The van der Waals surface area contributed by atoms with Crippen LogP contribution in [0.25, 0.3) is 0 Å². The van der Waals surface area contributed by atoms with Gasteiger partial charge in [-0.1, -0.05) is 11.6 Å². The minimum Gasteiger partial charge on any atom is -0.292 e. The van der Waals surface area contributed by atoms with Crippen molar-refractivity contribution in [1.82, 2.24) is 4.98 Å². The van der Waals surface area contributed by atoms with Crippen molar-refractivity contribution in [1.29, 1.82) is 0 Å². The van der Waals surface area contributed by atoms with Crippen LogP contribution in [0.1, 0.15) is 16.1 Å². The Bertz CT molecular complexity index is 513. The number of nitrogens with zero attached hydrogens (tertiary/aromatic N) is 1. The molecule has 0 atom stereocenters. The predicted molar refractivity (Wildman–Crippen MR) is 61.6 cm³/mol. The Labute approximate surface area is 101 Å². The smallest absolute Gasteiger partial charge is 0.186 e. The van der Waals surface area contributed by atoms with Crippen LogP contribution in [0.2, 0.25) is 5.02 Å². The van der Waals surface area contributed by atoms with Gasteiger partial charge in [-0.15, -0.1) is 11.3 Å². The molecule has 82 valence electrons. The minimum absolute atomic E-state index is 0.0177. The summed E-state index contributed by atoms with van der Waals surface area (Å²) in [6.07, 6.45) is -0.0177. The number of benzene rings is 1. The van der Waals surface area contributed by atoms with Gasteiger partial charge >= 0.3 is 0 Å². The summed E-state index contributed by atoms with van der Waals surface area (Å²) in [7, 11) is 0. The summed E-state index contributed by atoms with van der Waals surface area (Å²) >= 11 is 7.07. The summed E-state index contributed by atoms with van der Waals surface area (Å²) in [6, 6.07) is 4.17. The summed E-state index contributed by atoms with van der Waals surface area (Å²) in [6.45, 7) is 0. The van der Waals surface area contributed by atoms with Gasteiger partial charge in [-0.2, -0.15) is 0 Å². The van der Waals surface area contributed by atoms with Gasteiger partial charge in [0.2, 0.25) is 0 Å². The van der Waals surface area contributed by atoms with E-state index in [1.807, 2.05) is 0 Å². The number of hydrogen-bond donors (Lipinski definition) is 0. The monoisotopic (exact) mass is 255 g/mol. The van der Waals surface area contributed by atoms with E-state index in [1.165, 1.54) is 29.5 Å². The molecule has 0 unspecified atom stereocenters. The van der Waals surface area contributed by atoms with E-state index in [2.05, 4.69) is 4.98 Å². The highest BCUT2D eigenvalue weighted by molar-refractivity contribution is 7.07. The van der Waals surface area contributed by atoms with Crippen LogP contribution in [0.5, 0.6) is 0 Å². The van der Waals surface area contributed by atoms with Crippen molar-refractivity contribution >= 4 is 28.7 Å². The van der Waals surface area contributed by atoms with Crippen LogP contribution in [0.4, 0.5) is 4.39 Å². The van der Waals surface area contributed by atoms with Crippen LogP contribution in [0, 0.1) is 5.82 Å². The molecule has 0 saturated carbocycles. The molecule has 0 fully saturated rings. The van der Waals surface area contributed by atoms with Crippen LogP contribution >= 0.6 is 22.9 Å². The lowest BCUT2D eigenvalue weighted by molar-refractivity contribution is 0.0988. The molecule has 0 saturated heterocycles. The van der Waals surface area contributed by atoms with E-state index >= 15 is 0 Å². The van der Waals surface area contributed by atoms with Gasteiger partial charge in [-0.05, 0) is 23.8 Å². The van der Waals surface area contributed by atoms with Crippen LogP contribution in [0.3, 0.4) is 0 Å². The highest BCUT2D eigenvalue weighted by Gasteiger charge is 2.12. The first kappa shape index (κ1) is 11.2. The Morgan fingerprint density at radius 3 is 3.00 bits per heavy atom. The molecule has 2 rings (SSSR count). The van der Waals surface area contributed by atoms with E-state index in [4.69, 9.17) is 11.6 Å². The predicted octanol–water partition coefficient (Wildman–Crippen LogP) is 3.36. The molecule has 0 aliphatic heterocycles. The number of rotatable bonds is 3. The molecule has 2 aromatic rings. The van der Waals surface area contributed by atoms with E-state index in [0.717, 1.165) is 0 Å². The van der Waals surface area contributed by atoms with Gasteiger partial charge < -0.3 is 0 Å². The van der Waals surface area contributed by atoms with Crippen LogP contribution < -0.4 is 0 Å². The highest BCUT2D eigenvalue weighted by Crippen LogP contribution is 2.17. The molecule has 0 aliphatic rings. The molecule has 0 radical (unpaired) electrons. The second-order valence-electron chi connectivity index (χ2n) is 3.21. The van der Waals surface area contributed by atoms with Crippen molar-refractivity contribution in [3.8, 4) is 0 Å². The fourth-order valence-corrected chi connectivity index (χ4v) is 2.04. The van der Waals surface area contributed by atoms with Gasteiger partial charge in [0.25, 0.3) is 0 Å². The lowest BCUT2D eigenvalue weighted by Crippen LogP contribution is -2.05. The molecule has 1 heterocycles. The maximum Gasteiger partial charge on any atom is 0.186 e. The van der Waals surface area contributed by atoms with Crippen LogP contribution in [-0.4, -0.2) is 10.8 Å². The zero-order valence-electron chi connectivity index (χ0n) is 8.11. The fourth-order valence-electron chi connectivity index (χ4n) is 1.29. The third kappa shape index (κ3) is 2.46. The Morgan fingerprint density at radius 2 is 2.31 bits per heavy atom. The lowest BCUT2D eigenvalue weighted by atomic mass is 10.1. The second-order valence-corrected chi connectivity index (χ2v) is 4.36. The Kier molecular flexibility index (Phi) is 3.31. The summed E-state index contributed by atoms with van der Waals surface area (Å²) in [5.41, 5.74) is 2.23. The molecule has 2 nitrogen and oxygen atoms in total. The lowest BCUT2D eigenvalue weighted by Gasteiger charge is -2.01. The number of aromatic nitrogens is 1. The number of carbonyl (C=O) groups excluding carboxylic acids is 1. The van der Waals surface area contributed by atoms with E-state index in [-0.39, 0.29) is 12.2 Å². The zero-order chi connectivity index (χ0) is 11.5. The third-order valence-corrected chi connectivity index (χ3v) is 2.90. The Morgan fingerprint density at radius 1 is 1.50 bits per heavy atom. The molecule has 0 aliphatic carbocycles. The summed E-state index contributed by atoms with van der Waals surface area (Å²) in [4.78, 5) is 15.6. The number of halogens is 2. The van der Waals surface area contributed by atoms with Crippen molar-refractivity contribution in [2.24, 2.45) is 0 Å². The van der Waals surface area contributed by atoms with Gasteiger partial charge in [0.05, 0.1) is 5.51 Å². The normalized spacial score (nSPS) is 10.4. The average Bonchev–Trinajstić information content (AvgIpc) is 2.76. The van der Waals surface area contributed by atoms with Crippen molar-refractivity contribution in [2.45, 2.75) is 6.42 Å². The molecule has 16 heavy (non-hydrogen) atoms. The SMILES string of the molecule is O=C(Cc1cc(Cl)ccc1F)c1cscn1. The maximum absolute atomic E-state index is 13.3. The standard InChI is InChI=1S/C11H7ClFNOS/c12-8-1-2-9(13)7(3-8)4-11(15)10-5-16-6-14-10/h1-3,5-6H,4H2. The van der Waals surface area contributed by atoms with Crippen molar-refractivity contribution in [3.05, 3.63) is 51.2 Å². The van der Waals surface area contributed by atoms with Gasteiger partial charge in [-0.3, -0.25) is 4.79 Å². The third-order valence-electron chi connectivity index (χ3n) is 2.08. The van der Waals surface area contributed by atoms with Gasteiger partial charge in [-0.25, -0.2) is 9.37 Å². The average molecular weight is 256 g/mol. The molecule has 0 N–H and O–H groups in total. The van der Waals surface area contributed by atoms with Gasteiger partial charge in [0.1, 0.15) is 11.5 Å². The van der Waals surface area contributed by atoms with E-state index < -0.39 is 5.82 Å². The molecule has 0 bridgehead atoms. The minimum atomic E-state index is -0.423. The fraction of sp³-hybridized carbons (Fsp3) is 0.0909. The molecule has 0 amide bonds. The second kappa shape index (κ2) is 4.72. The number of carbonyl (C=O) groups is 1. The van der Waals surface area contributed by atoms with Gasteiger partial charge in [0.15, 0.2) is 5.78 Å². The van der Waals surface area contributed by atoms with Crippen molar-refractivity contribution < 1.29 is 9.18 Å². The molecule has 1 aromatic carbocycles. The first-order chi connectivity index (χ1) is 7.66. The molecular formula is C11H7ClFNOS. The first-order valence-electron chi connectivity index (χ1n) is 4.52. The zero-order valence-corrected chi connectivity index (χ0v) is 9.69. The summed E-state index contributed by atoms with van der Waals surface area (Å²) in [5.74, 6) is -0.629. The van der Waals surface area contributed by atoms with Crippen LogP contribution in [-0.2, 0) is 6.42 Å². The topological polar surface area (TPSA) is 30.0 Å². The van der Waals surface area contributed by atoms with E-state index in [0.29, 0.717) is 16.3 Å². The van der Waals surface area contributed by atoms with Crippen molar-refractivity contribution in [3.63, 3.8) is 0 Å². The quantitative estimate of drug-likeness (QED) is 0.787. The Hall–Kier alpha value is -1.26. The largest absolute Gasteiger partial charge is 0.292 e. The highest BCUT2D eigenvalue weighted by atomic mass is 35.5. The molecular weight excluding hydrogens is 249 g/mol. The number of hydrogen-bond acceptors (Lipinski definition) is 3. The Balaban J connectivity index is 2.21. The van der Waals surface area contributed by atoms with Gasteiger partial charge in [0, 0.05) is 16.8 Å². The summed E-state index contributed by atoms with van der Waals surface area (Å²) in [5, 5.41) is 2.06. The maximum atomic E-state index is 13.3. The van der Waals surface area contributed by atoms with Crippen molar-refractivity contribution in [2.75, 3.05) is 0 Å². The number of ketones is 1. The number of thiazole rings is 1. The molecule has 1 aromatic heterocycles. The van der Waals surface area contributed by atoms with E-state index in [1.54, 1.807) is 10.9 Å². The van der Waals surface area contributed by atoms with E-state index in [9.17, 15) is 9.18 Å². The molecule has 0 spiro atoms. The number of Topliss-reactive ketones (excluding diaryl/α,β-unsaturated/α-hetero) is 1.